The van der Waals surface area contributed by atoms with E-state index in [1.807, 2.05) is 24.4 Å². The summed E-state index contributed by atoms with van der Waals surface area (Å²) < 4.78 is 11.1. The molecule has 0 bridgehead atoms. The first-order valence-corrected chi connectivity index (χ1v) is 10.3. The first-order valence-electron chi connectivity index (χ1n) is 9.40. The molecule has 0 unspecified atom stereocenters. The van der Waals surface area contributed by atoms with E-state index in [0.717, 1.165) is 5.69 Å². The maximum Gasteiger partial charge on any atom is 0.326 e. The van der Waals surface area contributed by atoms with Gasteiger partial charge >= 0.3 is 5.97 Å². The van der Waals surface area contributed by atoms with Crippen molar-refractivity contribution in [2.45, 2.75) is 33.0 Å². The summed E-state index contributed by atoms with van der Waals surface area (Å²) >= 11 is 1.50. The third kappa shape index (κ3) is 8.21. The third-order valence-corrected chi connectivity index (χ3v) is 4.43. The maximum absolute atomic E-state index is 13.1. The second kappa shape index (κ2) is 10.4. The number of hydrogen-bond acceptors (Lipinski definition) is 7. The van der Waals surface area contributed by atoms with Crippen LogP contribution in [0.3, 0.4) is 0 Å². The number of ether oxygens (including phenoxy) is 2. The summed E-state index contributed by atoms with van der Waals surface area (Å²) in [6, 6.07) is 6.96. The number of likely N-dealkylation sites (N-methyl/N-ethyl adjacent to an activating group) is 1. The fourth-order valence-corrected chi connectivity index (χ4v) is 3.01. The monoisotopic (exact) mass is 419 g/mol. The Morgan fingerprint density at radius 3 is 2.55 bits per heavy atom. The average molecular weight is 420 g/mol. The van der Waals surface area contributed by atoms with E-state index in [2.05, 4.69) is 4.98 Å². The van der Waals surface area contributed by atoms with Crippen LogP contribution in [0.1, 0.15) is 36.8 Å². The van der Waals surface area contributed by atoms with E-state index in [-0.39, 0.29) is 12.5 Å². The number of esters is 1. The summed E-state index contributed by atoms with van der Waals surface area (Å²) in [5, 5.41) is 1.92. The Kier molecular flexibility index (Phi) is 8.16. The zero-order valence-corrected chi connectivity index (χ0v) is 18.5. The number of carbonyl (C=O) groups is 2. The molecule has 8 heteroatoms. The molecule has 158 valence electrons. The van der Waals surface area contributed by atoms with Gasteiger partial charge in [-0.15, -0.1) is 11.3 Å². The van der Waals surface area contributed by atoms with Crippen LogP contribution in [0.4, 0.5) is 0 Å². The lowest BCUT2D eigenvalue weighted by Gasteiger charge is -2.26. The van der Waals surface area contributed by atoms with E-state index in [1.54, 1.807) is 50.5 Å². The van der Waals surface area contributed by atoms with Gasteiger partial charge in [-0.25, -0.2) is 4.98 Å². The first-order chi connectivity index (χ1) is 13.6. The Morgan fingerprint density at radius 1 is 1.17 bits per heavy atom. The quantitative estimate of drug-likeness (QED) is 0.582. The van der Waals surface area contributed by atoms with Crippen LogP contribution in [0.2, 0.25) is 0 Å². The number of hydrogen-bond donors (Lipinski definition) is 0. The Hall–Kier alpha value is -2.45. The van der Waals surface area contributed by atoms with Crippen molar-refractivity contribution in [3.05, 3.63) is 46.4 Å². The normalized spacial score (nSPS) is 11.4. The van der Waals surface area contributed by atoms with Crippen LogP contribution in [0.25, 0.3) is 0 Å². The fraction of sp³-hybridized carbons (Fsp3) is 0.476. The van der Waals surface area contributed by atoms with Gasteiger partial charge in [0.1, 0.15) is 24.5 Å². The zero-order chi connectivity index (χ0) is 21.4. The minimum absolute atomic E-state index is 0.103. The Morgan fingerprint density at radius 2 is 1.93 bits per heavy atom. The fourth-order valence-electron chi connectivity index (χ4n) is 2.47. The van der Waals surface area contributed by atoms with E-state index in [9.17, 15) is 9.59 Å². The van der Waals surface area contributed by atoms with Crippen molar-refractivity contribution in [3.8, 4) is 5.75 Å². The maximum atomic E-state index is 13.1. The number of thiazole rings is 1. The van der Waals surface area contributed by atoms with Gasteiger partial charge < -0.3 is 19.3 Å². The van der Waals surface area contributed by atoms with Crippen LogP contribution in [0.15, 0.2) is 35.2 Å². The summed E-state index contributed by atoms with van der Waals surface area (Å²) in [5.41, 5.74) is 2.45. The van der Waals surface area contributed by atoms with Crippen molar-refractivity contribution in [1.82, 2.24) is 14.8 Å². The molecule has 1 heterocycles. The van der Waals surface area contributed by atoms with Crippen molar-refractivity contribution in [3.63, 3.8) is 0 Å². The molecule has 0 radical (unpaired) electrons. The van der Waals surface area contributed by atoms with Gasteiger partial charge in [0.25, 0.3) is 5.91 Å². The Labute approximate surface area is 176 Å². The Bertz CT molecular complexity index is 801. The highest BCUT2D eigenvalue weighted by Crippen LogP contribution is 2.17. The number of nitrogens with zero attached hydrogens (tertiary/aromatic N) is 3. The molecule has 0 aliphatic rings. The second-order valence-corrected chi connectivity index (χ2v) is 8.63. The van der Waals surface area contributed by atoms with Gasteiger partial charge in [-0.1, -0.05) is 6.07 Å². The van der Waals surface area contributed by atoms with Gasteiger partial charge in [-0.2, -0.15) is 0 Å². The molecule has 2 aromatic rings. The molecule has 0 saturated carbocycles. The van der Waals surface area contributed by atoms with Crippen LogP contribution < -0.4 is 4.74 Å². The highest BCUT2D eigenvalue weighted by molar-refractivity contribution is 7.07. The number of carbonyl (C=O) groups excluding carboxylic acids is 2. The van der Waals surface area contributed by atoms with Crippen molar-refractivity contribution >= 4 is 23.2 Å². The molecular formula is C21H29N3O4S. The lowest BCUT2D eigenvalue weighted by atomic mass is 10.1. The van der Waals surface area contributed by atoms with E-state index in [4.69, 9.17) is 9.47 Å². The van der Waals surface area contributed by atoms with Crippen molar-refractivity contribution in [2.24, 2.45) is 0 Å². The number of benzene rings is 1. The van der Waals surface area contributed by atoms with E-state index in [0.29, 0.717) is 31.0 Å². The smallest absolute Gasteiger partial charge is 0.326 e. The Balaban J connectivity index is 2.09. The minimum Gasteiger partial charge on any atom is -0.487 e. The number of aromatic nitrogens is 1. The van der Waals surface area contributed by atoms with E-state index in [1.165, 1.54) is 16.2 Å². The molecule has 29 heavy (non-hydrogen) atoms. The van der Waals surface area contributed by atoms with E-state index >= 15 is 0 Å². The largest absolute Gasteiger partial charge is 0.487 e. The summed E-state index contributed by atoms with van der Waals surface area (Å²) in [7, 11) is 3.84. The molecule has 0 N–H and O–H groups in total. The molecule has 0 aliphatic heterocycles. The van der Waals surface area contributed by atoms with E-state index < -0.39 is 11.6 Å². The molecule has 0 atom stereocenters. The molecule has 1 amide bonds. The van der Waals surface area contributed by atoms with Gasteiger partial charge in [-0.3, -0.25) is 9.59 Å². The SMILES string of the molecule is CN(C)CCN(CC(=O)OC(C)(C)C)C(=O)c1cccc(OCc2cscn2)c1. The summed E-state index contributed by atoms with van der Waals surface area (Å²) in [4.78, 5) is 33.0. The standard InChI is InChI=1S/C21H29N3O4S/c1-21(2,3)28-19(25)12-24(10-9-23(4)5)20(26)16-7-6-8-18(11-16)27-13-17-14-29-15-22-17/h6-8,11,14-15H,9-10,12-13H2,1-5H3. The summed E-state index contributed by atoms with van der Waals surface area (Å²) in [6.07, 6.45) is 0. The van der Waals surface area contributed by atoms with Gasteiger partial charge in [0.05, 0.1) is 11.2 Å². The zero-order valence-electron chi connectivity index (χ0n) is 17.7. The lowest BCUT2D eigenvalue weighted by Crippen LogP contribution is -2.42. The molecule has 0 aliphatic carbocycles. The second-order valence-electron chi connectivity index (χ2n) is 7.91. The average Bonchev–Trinajstić information content (AvgIpc) is 3.15. The van der Waals surface area contributed by atoms with Crippen molar-refractivity contribution in [1.29, 1.82) is 0 Å². The van der Waals surface area contributed by atoms with Crippen LogP contribution in [-0.2, 0) is 16.1 Å². The van der Waals surface area contributed by atoms with Crippen molar-refractivity contribution in [2.75, 3.05) is 33.7 Å². The highest BCUT2D eigenvalue weighted by atomic mass is 32.1. The molecule has 1 aromatic heterocycles. The molecule has 0 saturated heterocycles. The first kappa shape index (κ1) is 22.8. The summed E-state index contributed by atoms with van der Waals surface area (Å²) in [5.74, 6) is -0.0916. The van der Waals surface area contributed by atoms with Crippen LogP contribution in [0.5, 0.6) is 5.75 Å². The van der Waals surface area contributed by atoms with Crippen LogP contribution in [0, 0.1) is 0 Å². The van der Waals surface area contributed by atoms with Gasteiger partial charge in [0.15, 0.2) is 0 Å². The predicted molar refractivity (Wildman–Crippen MR) is 113 cm³/mol. The molecule has 0 fully saturated rings. The van der Waals surface area contributed by atoms with Crippen LogP contribution >= 0.6 is 11.3 Å². The third-order valence-electron chi connectivity index (χ3n) is 3.80. The van der Waals surface area contributed by atoms with Gasteiger partial charge in [0.2, 0.25) is 0 Å². The van der Waals surface area contributed by atoms with Crippen molar-refractivity contribution < 1.29 is 19.1 Å². The minimum atomic E-state index is -0.600. The number of rotatable bonds is 9. The molecule has 0 spiro atoms. The van der Waals surface area contributed by atoms with Crippen LogP contribution in [-0.4, -0.2) is 66.0 Å². The molecule has 2 rings (SSSR count). The summed E-state index contributed by atoms with van der Waals surface area (Å²) in [6.45, 7) is 6.70. The molecule has 1 aromatic carbocycles. The number of amides is 1. The highest BCUT2D eigenvalue weighted by Gasteiger charge is 2.23. The predicted octanol–water partition coefficient (Wildman–Crippen LogP) is 3.07. The van der Waals surface area contributed by atoms with Gasteiger partial charge in [-0.05, 0) is 53.1 Å². The topological polar surface area (TPSA) is 72.0 Å². The van der Waals surface area contributed by atoms with Gasteiger partial charge in [0, 0.05) is 24.0 Å². The molecular weight excluding hydrogens is 390 g/mol. The molecule has 7 nitrogen and oxygen atoms in total. The lowest BCUT2D eigenvalue weighted by molar-refractivity contribution is -0.155.